The minimum atomic E-state index is -0.524. The number of carbonyl (C=O) groups excluding carboxylic acids is 2. The molecular weight excluding hydrogens is 334 g/mol. The van der Waals surface area contributed by atoms with Crippen molar-refractivity contribution >= 4 is 12.1 Å². The van der Waals surface area contributed by atoms with Crippen LogP contribution in [-0.4, -0.2) is 44.5 Å². The summed E-state index contributed by atoms with van der Waals surface area (Å²) < 4.78 is 16.1. The lowest BCUT2D eigenvalue weighted by Gasteiger charge is -2.20. The number of carbonyl (C=O) groups is 2. The Morgan fingerprint density at radius 2 is 1.77 bits per heavy atom. The Bertz CT molecular complexity index is 398. The summed E-state index contributed by atoms with van der Waals surface area (Å²) in [7, 11) is 0. The third-order valence-corrected chi connectivity index (χ3v) is 4.65. The molecule has 2 atom stereocenters. The van der Waals surface area contributed by atoms with Gasteiger partial charge in [-0.15, -0.1) is 0 Å². The first-order valence-electron chi connectivity index (χ1n) is 9.96. The van der Waals surface area contributed by atoms with E-state index in [0.717, 1.165) is 6.42 Å². The molecule has 0 saturated carbocycles. The van der Waals surface area contributed by atoms with Crippen LogP contribution in [0.15, 0.2) is 0 Å². The maximum absolute atomic E-state index is 11.8. The molecule has 0 aliphatic rings. The summed E-state index contributed by atoms with van der Waals surface area (Å²) in [5, 5.41) is 2.57. The summed E-state index contributed by atoms with van der Waals surface area (Å²) >= 11 is 0. The van der Waals surface area contributed by atoms with Gasteiger partial charge >= 0.3 is 12.1 Å². The summed E-state index contributed by atoms with van der Waals surface area (Å²) in [6.45, 7) is 13.1. The first kappa shape index (κ1) is 24.7. The van der Waals surface area contributed by atoms with E-state index >= 15 is 0 Å². The van der Waals surface area contributed by atoms with Gasteiger partial charge in [-0.2, -0.15) is 0 Å². The van der Waals surface area contributed by atoms with Gasteiger partial charge in [0.1, 0.15) is 13.2 Å². The Morgan fingerprint density at radius 3 is 2.35 bits per heavy atom. The summed E-state index contributed by atoms with van der Waals surface area (Å²) in [5.74, 6) is 0.305. The van der Waals surface area contributed by atoms with Crippen molar-refractivity contribution in [3.8, 4) is 0 Å². The van der Waals surface area contributed by atoms with Crippen LogP contribution in [0.25, 0.3) is 0 Å². The highest BCUT2D eigenvalue weighted by atomic mass is 16.6. The maximum atomic E-state index is 11.8. The SMILES string of the molecule is CCCCC(CC)COC(C)COC(=O)NCCOC(=O)C(C)(C)CC. The molecule has 0 aromatic rings. The van der Waals surface area contributed by atoms with Gasteiger partial charge in [-0.1, -0.05) is 40.0 Å². The third kappa shape index (κ3) is 11.3. The monoisotopic (exact) mass is 373 g/mol. The van der Waals surface area contributed by atoms with Gasteiger partial charge in [0.15, 0.2) is 0 Å². The molecule has 6 heteroatoms. The van der Waals surface area contributed by atoms with Crippen molar-refractivity contribution in [2.45, 2.75) is 79.8 Å². The van der Waals surface area contributed by atoms with Gasteiger partial charge in [0.05, 0.1) is 18.1 Å². The molecule has 1 N–H and O–H groups in total. The Kier molecular flexibility index (Phi) is 13.2. The number of hydrogen-bond acceptors (Lipinski definition) is 5. The van der Waals surface area contributed by atoms with E-state index in [-0.39, 0.29) is 31.8 Å². The fraction of sp³-hybridized carbons (Fsp3) is 0.900. The van der Waals surface area contributed by atoms with E-state index in [1.54, 1.807) is 0 Å². The van der Waals surface area contributed by atoms with Crippen molar-refractivity contribution in [2.75, 3.05) is 26.4 Å². The van der Waals surface area contributed by atoms with Crippen molar-refractivity contribution in [1.82, 2.24) is 5.32 Å². The second-order valence-corrected chi connectivity index (χ2v) is 7.46. The fourth-order valence-electron chi connectivity index (χ4n) is 2.13. The number of alkyl carbamates (subject to hydrolysis) is 1. The van der Waals surface area contributed by atoms with E-state index in [1.807, 2.05) is 27.7 Å². The number of unbranched alkanes of at least 4 members (excludes halogenated alkanes) is 1. The molecule has 0 aromatic carbocycles. The van der Waals surface area contributed by atoms with Crippen LogP contribution in [0.3, 0.4) is 0 Å². The van der Waals surface area contributed by atoms with Gasteiger partial charge in [0.25, 0.3) is 0 Å². The standard InChI is InChI=1S/C20H39NO5/c1-7-10-11-17(8-2)15-25-16(4)14-26-19(23)21-12-13-24-18(22)20(5,6)9-3/h16-17H,7-15H2,1-6H3,(H,21,23). The zero-order chi connectivity index (χ0) is 20.0. The zero-order valence-corrected chi connectivity index (χ0v) is 17.6. The normalized spacial score (nSPS) is 13.8. The molecule has 0 aliphatic carbocycles. The highest BCUT2D eigenvalue weighted by Crippen LogP contribution is 2.21. The molecule has 0 aliphatic heterocycles. The molecule has 26 heavy (non-hydrogen) atoms. The van der Waals surface area contributed by atoms with Crippen LogP contribution in [-0.2, 0) is 19.0 Å². The van der Waals surface area contributed by atoms with Crippen LogP contribution in [0.4, 0.5) is 4.79 Å². The van der Waals surface area contributed by atoms with Crippen LogP contribution in [0.1, 0.15) is 73.6 Å². The summed E-state index contributed by atoms with van der Waals surface area (Å²) in [5.41, 5.74) is -0.499. The van der Waals surface area contributed by atoms with Crippen LogP contribution >= 0.6 is 0 Å². The minimum Gasteiger partial charge on any atom is -0.463 e. The summed E-state index contributed by atoms with van der Waals surface area (Å²) in [6.07, 6.45) is 4.73. The molecule has 154 valence electrons. The Labute approximate surface area is 159 Å². The van der Waals surface area contributed by atoms with Gasteiger partial charge in [0, 0.05) is 6.61 Å². The Balaban J connectivity index is 3.82. The predicted octanol–water partition coefficient (Wildman–Crippen LogP) is 4.31. The molecule has 0 radical (unpaired) electrons. The van der Waals surface area contributed by atoms with Crippen LogP contribution in [0.2, 0.25) is 0 Å². The van der Waals surface area contributed by atoms with E-state index in [4.69, 9.17) is 14.2 Å². The molecule has 0 bridgehead atoms. The number of hydrogen-bond donors (Lipinski definition) is 1. The van der Waals surface area contributed by atoms with Crippen molar-refractivity contribution < 1.29 is 23.8 Å². The molecule has 0 saturated heterocycles. The van der Waals surface area contributed by atoms with E-state index < -0.39 is 11.5 Å². The van der Waals surface area contributed by atoms with Crippen molar-refractivity contribution in [3.05, 3.63) is 0 Å². The summed E-state index contributed by atoms with van der Waals surface area (Å²) in [6, 6.07) is 0. The highest BCUT2D eigenvalue weighted by Gasteiger charge is 2.26. The molecular formula is C20H39NO5. The second kappa shape index (κ2) is 13.8. The largest absolute Gasteiger partial charge is 0.463 e. The average Bonchev–Trinajstić information content (AvgIpc) is 2.63. The molecule has 0 fully saturated rings. The van der Waals surface area contributed by atoms with Gasteiger partial charge in [-0.05, 0) is 39.5 Å². The molecule has 0 aromatic heterocycles. The molecule has 0 heterocycles. The molecule has 0 spiro atoms. The predicted molar refractivity (Wildman–Crippen MR) is 103 cm³/mol. The summed E-state index contributed by atoms with van der Waals surface area (Å²) in [4.78, 5) is 23.4. The van der Waals surface area contributed by atoms with Gasteiger partial charge in [-0.25, -0.2) is 4.79 Å². The van der Waals surface area contributed by atoms with E-state index in [0.29, 0.717) is 18.9 Å². The Hall–Kier alpha value is -1.30. The molecule has 1 amide bonds. The van der Waals surface area contributed by atoms with E-state index in [2.05, 4.69) is 19.2 Å². The topological polar surface area (TPSA) is 73.9 Å². The van der Waals surface area contributed by atoms with Crippen molar-refractivity contribution in [1.29, 1.82) is 0 Å². The first-order chi connectivity index (χ1) is 12.3. The maximum Gasteiger partial charge on any atom is 0.407 e. The fourth-order valence-corrected chi connectivity index (χ4v) is 2.13. The number of esters is 1. The molecule has 2 unspecified atom stereocenters. The molecule has 0 rings (SSSR count). The lowest BCUT2D eigenvalue weighted by atomic mass is 9.91. The lowest BCUT2D eigenvalue weighted by molar-refractivity contribution is -0.153. The van der Waals surface area contributed by atoms with Crippen LogP contribution in [0, 0.1) is 11.3 Å². The Morgan fingerprint density at radius 1 is 1.08 bits per heavy atom. The molecule has 6 nitrogen and oxygen atoms in total. The third-order valence-electron chi connectivity index (χ3n) is 4.65. The quantitative estimate of drug-likeness (QED) is 0.363. The van der Waals surface area contributed by atoms with Crippen LogP contribution in [0.5, 0.6) is 0 Å². The van der Waals surface area contributed by atoms with Crippen molar-refractivity contribution in [3.63, 3.8) is 0 Å². The van der Waals surface area contributed by atoms with Crippen molar-refractivity contribution in [2.24, 2.45) is 11.3 Å². The zero-order valence-electron chi connectivity index (χ0n) is 17.6. The minimum absolute atomic E-state index is 0.138. The number of nitrogens with one attached hydrogen (secondary N) is 1. The first-order valence-corrected chi connectivity index (χ1v) is 9.96. The average molecular weight is 374 g/mol. The lowest BCUT2D eigenvalue weighted by Crippen LogP contribution is -2.33. The van der Waals surface area contributed by atoms with E-state index in [9.17, 15) is 9.59 Å². The number of ether oxygens (including phenoxy) is 3. The second-order valence-electron chi connectivity index (χ2n) is 7.46. The van der Waals surface area contributed by atoms with E-state index in [1.165, 1.54) is 19.3 Å². The van der Waals surface area contributed by atoms with Gasteiger partial charge in [-0.3, -0.25) is 4.79 Å². The number of amides is 1. The van der Waals surface area contributed by atoms with Gasteiger partial charge in [0.2, 0.25) is 0 Å². The smallest absolute Gasteiger partial charge is 0.407 e. The highest BCUT2D eigenvalue weighted by molar-refractivity contribution is 5.75. The van der Waals surface area contributed by atoms with Gasteiger partial charge < -0.3 is 19.5 Å². The van der Waals surface area contributed by atoms with Crippen LogP contribution < -0.4 is 5.32 Å². The number of rotatable bonds is 14.